The normalized spacial score (nSPS) is 24.1. The van der Waals surface area contributed by atoms with Gasteiger partial charge in [0, 0.05) is 0 Å². The van der Waals surface area contributed by atoms with Crippen molar-refractivity contribution in [3.8, 4) is 5.75 Å². The van der Waals surface area contributed by atoms with E-state index in [-0.39, 0.29) is 6.08 Å². The minimum atomic E-state index is -3.00. The quantitative estimate of drug-likeness (QED) is 0.349. The third kappa shape index (κ3) is 2.78. The van der Waals surface area contributed by atoms with E-state index in [4.69, 9.17) is 0 Å². The average molecular weight is 356 g/mol. The van der Waals surface area contributed by atoms with Crippen LogP contribution in [-0.2, 0) is 0 Å². The maximum Gasteiger partial charge on any atom is 0.207 e. The van der Waals surface area contributed by atoms with E-state index in [0.717, 1.165) is 7.11 Å². The van der Waals surface area contributed by atoms with Crippen molar-refractivity contribution in [3.63, 3.8) is 0 Å². The Morgan fingerprint density at radius 1 is 1.00 bits per heavy atom. The first-order valence-electron chi connectivity index (χ1n) is 6.52. The molecule has 10 heteroatoms. The van der Waals surface area contributed by atoms with Crippen LogP contribution in [0.5, 0.6) is 5.75 Å². The summed E-state index contributed by atoms with van der Waals surface area (Å²) in [5, 5.41) is 0. The molecular formula is C14H9BF8O. The third-order valence-corrected chi connectivity index (χ3v) is 3.58. The maximum absolute atomic E-state index is 14.0. The van der Waals surface area contributed by atoms with Crippen molar-refractivity contribution in [2.24, 2.45) is 0 Å². The first kappa shape index (κ1) is 18.3. The molecule has 0 saturated heterocycles. The summed E-state index contributed by atoms with van der Waals surface area (Å²) in [6.45, 7) is 0.565. The summed E-state index contributed by atoms with van der Waals surface area (Å²) >= 11 is 0. The summed E-state index contributed by atoms with van der Waals surface area (Å²) in [6.07, 6.45) is -2.81. The van der Waals surface area contributed by atoms with Crippen LogP contribution >= 0.6 is 0 Å². The fraction of sp³-hybridized carbons (Fsp3) is 0.286. The number of methoxy groups -OCH3 is 1. The molecule has 0 amide bonds. The lowest BCUT2D eigenvalue weighted by atomic mass is 9.60. The first-order chi connectivity index (χ1) is 11.0. The highest BCUT2D eigenvalue weighted by atomic mass is 19.2. The summed E-state index contributed by atoms with van der Waals surface area (Å²) in [4.78, 5) is 0. The smallest absolute Gasteiger partial charge is 0.207 e. The van der Waals surface area contributed by atoms with Crippen molar-refractivity contribution >= 4 is 12.7 Å². The van der Waals surface area contributed by atoms with Gasteiger partial charge in [-0.1, -0.05) is 0 Å². The summed E-state index contributed by atoms with van der Waals surface area (Å²) in [5.41, 5.74) is -5.49. The largest absolute Gasteiger partial charge is 0.491 e. The SMILES string of the molecule is COc1c(F)c(F)c(F)c(BC2=C(F)C(F)C(C)(F)C=C2F)c1F. The van der Waals surface area contributed by atoms with Gasteiger partial charge in [0.25, 0.3) is 0 Å². The number of alkyl halides is 2. The monoisotopic (exact) mass is 356 g/mol. The van der Waals surface area contributed by atoms with Gasteiger partial charge in [0.15, 0.2) is 35.0 Å². The van der Waals surface area contributed by atoms with Crippen LogP contribution in [0.15, 0.2) is 23.2 Å². The van der Waals surface area contributed by atoms with Crippen LogP contribution in [-0.4, -0.2) is 26.2 Å². The molecule has 2 atom stereocenters. The van der Waals surface area contributed by atoms with Gasteiger partial charge in [-0.2, -0.15) is 4.39 Å². The molecule has 1 aromatic carbocycles. The predicted molar refractivity (Wildman–Crippen MR) is 71.3 cm³/mol. The van der Waals surface area contributed by atoms with Crippen molar-refractivity contribution in [2.45, 2.75) is 18.8 Å². The van der Waals surface area contributed by atoms with E-state index < -0.39 is 70.7 Å². The lowest BCUT2D eigenvalue weighted by molar-refractivity contribution is 0.114. The topological polar surface area (TPSA) is 9.23 Å². The molecule has 0 heterocycles. The fourth-order valence-corrected chi connectivity index (χ4v) is 2.26. The molecule has 2 rings (SSSR count). The highest BCUT2D eigenvalue weighted by Crippen LogP contribution is 2.37. The van der Waals surface area contributed by atoms with E-state index in [1.807, 2.05) is 0 Å². The highest BCUT2D eigenvalue weighted by molar-refractivity contribution is 6.62. The number of allylic oxidation sites excluding steroid dienone is 4. The molecule has 0 aliphatic heterocycles. The lowest BCUT2D eigenvalue weighted by Crippen LogP contribution is -2.37. The van der Waals surface area contributed by atoms with Crippen LogP contribution in [0.1, 0.15) is 6.92 Å². The molecule has 24 heavy (non-hydrogen) atoms. The lowest BCUT2D eigenvalue weighted by Gasteiger charge is -2.26. The van der Waals surface area contributed by atoms with Crippen molar-refractivity contribution < 1.29 is 39.9 Å². The van der Waals surface area contributed by atoms with Crippen LogP contribution < -0.4 is 10.2 Å². The van der Waals surface area contributed by atoms with Gasteiger partial charge < -0.3 is 4.74 Å². The van der Waals surface area contributed by atoms with Gasteiger partial charge in [-0.25, -0.2) is 30.7 Å². The minimum absolute atomic E-state index is 0.100. The number of benzene rings is 1. The Labute approximate surface area is 131 Å². The zero-order chi connectivity index (χ0) is 18.4. The van der Waals surface area contributed by atoms with Crippen LogP contribution in [0.4, 0.5) is 35.1 Å². The molecule has 0 fully saturated rings. The van der Waals surface area contributed by atoms with E-state index in [1.165, 1.54) is 0 Å². The minimum Gasteiger partial charge on any atom is -0.491 e. The maximum atomic E-state index is 14.0. The Balaban J connectivity index is 2.59. The zero-order valence-corrected chi connectivity index (χ0v) is 12.3. The molecule has 2 unspecified atom stereocenters. The van der Waals surface area contributed by atoms with Gasteiger partial charge in [-0.15, -0.1) is 0 Å². The molecule has 1 nitrogen and oxygen atoms in total. The average Bonchev–Trinajstić information content (AvgIpc) is 2.50. The summed E-state index contributed by atoms with van der Waals surface area (Å²) in [7, 11) is -0.550. The van der Waals surface area contributed by atoms with Crippen molar-refractivity contribution in [1.29, 1.82) is 0 Å². The molecule has 130 valence electrons. The van der Waals surface area contributed by atoms with E-state index in [2.05, 4.69) is 4.74 Å². The third-order valence-electron chi connectivity index (χ3n) is 3.58. The fourth-order valence-electron chi connectivity index (χ4n) is 2.26. The van der Waals surface area contributed by atoms with Gasteiger partial charge in [0.2, 0.25) is 13.1 Å². The van der Waals surface area contributed by atoms with Crippen LogP contribution in [0.2, 0.25) is 0 Å². The molecule has 1 aromatic rings. The van der Waals surface area contributed by atoms with Gasteiger partial charge in [0.05, 0.1) is 7.11 Å². The summed E-state index contributed by atoms with van der Waals surface area (Å²) in [6, 6.07) is 0. The Morgan fingerprint density at radius 3 is 2.12 bits per heavy atom. The molecule has 0 N–H and O–H groups in total. The molecular weight excluding hydrogens is 347 g/mol. The molecule has 0 spiro atoms. The van der Waals surface area contributed by atoms with E-state index in [1.54, 1.807) is 0 Å². The second kappa shape index (κ2) is 6.14. The number of hydrogen-bond donors (Lipinski definition) is 0. The standard InChI is InChI=1S/C14H9BF8O/c1-14(23)3-4(16)5(9(19)13(14)22)15-6-7(17)10(20)11(21)12(24-2)8(6)18/h3,13,15H,1-2H3. The molecule has 1 aliphatic rings. The molecule has 0 radical (unpaired) electrons. The molecule has 1 aliphatic carbocycles. The summed E-state index contributed by atoms with van der Waals surface area (Å²) in [5.74, 6) is -12.7. The Bertz CT molecular complexity index is 756. The second-order valence-electron chi connectivity index (χ2n) is 5.28. The Kier molecular flexibility index (Phi) is 4.69. The zero-order valence-electron chi connectivity index (χ0n) is 12.3. The molecule has 0 saturated carbocycles. The van der Waals surface area contributed by atoms with E-state index >= 15 is 0 Å². The van der Waals surface area contributed by atoms with Crippen LogP contribution in [0.25, 0.3) is 0 Å². The number of hydrogen-bond acceptors (Lipinski definition) is 1. The van der Waals surface area contributed by atoms with E-state index in [0.29, 0.717) is 6.92 Å². The number of ether oxygens (including phenoxy) is 1. The molecule has 0 aromatic heterocycles. The van der Waals surface area contributed by atoms with Gasteiger partial charge in [-0.05, 0) is 23.9 Å². The summed E-state index contributed by atoms with van der Waals surface area (Å²) < 4.78 is 114. The second-order valence-corrected chi connectivity index (χ2v) is 5.28. The number of halogens is 8. The van der Waals surface area contributed by atoms with Crippen molar-refractivity contribution in [2.75, 3.05) is 7.11 Å². The first-order valence-corrected chi connectivity index (χ1v) is 6.52. The van der Waals surface area contributed by atoms with Gasteiger partial charge in [0.1, 0.15) is 11.7 Å². The Hall–Kier alpha value is -2.00. The van der Waals surface area contributed by atoms with Gasteiger partial charge >= 0.3 is 0 Å². The van der Waals surface area contributed by atoms with E-state index in [9.17, 15) is 35.1 Å². The van der Waals surface area contributed by atoms with Crippen LogP contribution in [0, 0.1) is 23.3 Å². The van der Waals surface area contributed by atoms with Gasteiger partial charge in [-0.3, -0.25) is 0 Å². The molecule has 0 bridgehead atoms. The van der Waals surface area contributed by atoms with Crippen molar-refractivity contribution in [1.82, 2.24) is 0 Å². The Morgan fingerprint density at radius 2 is 1.58 bits per heavy atom. The van der Waals surface area contributed by atoms with Crippen LogP contribution in [0.3, 0.4) is 0 Å². The highest BCUT2D eigenvalue weighted by Gasteiger charge is 2.43. The number of rotatable bonds is 3. The predicted octanol–water partition coefficient (Wildman–Crippen LogP) is 3.43. The van der Waals surface area contributed by atoms with Crippen molar-refractivity contribution in [3.05, 3.63) is 46.5 Å².